The van der Waals surface area contributed by atoms with Crippen molar-refractivity contribution in [1.82, 2.24) is 4.57 Å². The molecule has 0 saturated carbocycles. The quantitative estimate of drug-likeness (QED) is 0.316. The van der Waals surface area contributed by atoms with Crippen LogP contribution in [0.5, 0.6) is 11.5 Å². The van der Waals surface area contributed by atoms with Crippen molar-refractivity contribution < 1.29 is 32.5 Å². The minimum absolute atomic E-state index is 0.310. The van der Waals surface area contributed by atoms with Crippen molar-refractivity contribution >= 4 is 28.5 Å². The van der Waals surface area contributed by atoms with Gasteiger partial charge in [0.15, 0.2) is 6.10 Å². The van der Waals surface area contributed by atoms with E-state index >= 15 is 0 Å². The lowest BCUT2D eigenvalue weighted by molar-refractivity contribution is -0.274. The summed E-state index contributed by atoms with van der Waals surface area (Å²) in [7, 11) is 0. The molecule has 4 rings (SSSR count). The third-order valence-corrected chi connectivity index (χ3v) is 5.53. The van der Waals surface area contributed by atoms with Crippen LogP contribution in [-0.4, -0.2) is 28.1 Å². The molecule has 34 heavy (non-hydrogen) atoms. The number of carboxylic acids is 1. The maximum Gasteiger partial charge on any atom is 0.573 e. The molecule has 0 radical (unpaired) electrons. The van der Waals surface area contributed by atoms with Crippen molar-refractivity contribution in [3.8, 4) is 28.3 Å². The van der Waals surface area contributed by atoms with E-state index in [4.69, 9.17) is 21.4 Å². The van der Waals surface area contributed by atoms with Crippen LogP contribution in [-0.2, 0) is 4.79 Å². The predicted molar refractivity (Wildman–Crippen MR) is 123 cm³/mol. The minimum Gasteiger partial charge on any atom is -0.479 e. The van der Waals surface area contributed by atoms with Gasteiger partial charge in [0.2, 0.25) is 0 Å². The van der Waals surface area contributed by atoms with Gasteiger partial charge in [0.05, 0.1) is 5.52 Å². The van der Waals surface area contributed by atoms with Gasteiger partial charge < -0.3 is 19.1 Å². The van der Waals surface area contributed by atoms with Gasteiger partial charge in [0.25, 0.3) is 0 Å². The SMILES string of the molecule is Cc1c(-c2ccc(Cl)cc2)c2ccc(OC(F)(F)F)cc2n1-c1cccc(O[C@@H](C)C(=O)O)c1. The van der Waals surface area contributed by atoms with E-state index in [1.54, 1.807) is 47.0 Å². The number of alkyl halides is 3. The summed E-state index contributed by atoms with van der Waals surface area (Å²) in [6.07, 6.45) is -5.91. The number of carbonyl (C=O) groups is 1. The fourth-order valence-corrected chi connectivity index (χ4v) is 3.98. The van der Waals surface area contributed by atoms with Crippen LogP contribution < -0.4 is 9.47 Å². The van der Waals surface area contributed by atoms with Crippen LogP contribution in [0.4, 0.5) is 13.2 Å². The third-order valence-electron chi connectivity index (χ3n) is 5.28. The Labute approximate surface area is 197 Å². The number of halogens is 4. The second-order valence-corrected chi connectivity index (χ2v) is 8.06. The van der Waals surface area contributed by atoms with E-state index in [0.717, 1.165) is 16.8 Å². The summed E-state index contributed by atoms with van der Waals surface area (Å²) < 4.78 is 50.1. The average molecular weight is 490 g/mol. The van der Waals surface area contributed by atoms with Crippen molar-refractivity contribution in [2.24, 2.45) is 0 Å². The number of hydrogen-bond donors (Lipinski definition) is 1. The van der Waals surface area contributed by atoms with E-state index in [9.17, 15) is 18.0 Å². The maximum absolute atomic E-state index is 12.9. The number of carboxylic acid groups (broad SMARTS) is 1. The summed E-state index contributed by atoms with van der Waals surface area (Å²) in [5.41, 5.74) is 3.47. The molecule has 0 aliphatic heterocycles. The normalized spacial score (nSPS) is 12.5. The molecule has 1 aromatic heterocycles. The van der Waals surface area contributed by atoms with Gasteiger partial charge in [-0.2, -0.15) is 0 Å². The Hall–Kier alpha value is -3.65. The third kappa shape index (κ3) is 4.82. The molecule has 5 nitrogen and oxygen atoms in total. The molecule has 0 unspecified atom stereocenters. The summed E-state index contributed by atoms with van der Waals surface area (Å²) >= 11 is 6.04. The summed E-state index contributed by atoms with van der Waals surface area (Å²) in [6, 6.07) is 18.0. The van der Waals surface area contributed by atoms with Crippen LogP contribution >= 0.6 is 11.6 Å². The molecule has 0 spiro atoms. The van der Waals surface area contributed by atoms with E-state index in [1.165, 1.54) is 19.1 Å². The lowest BCUT2D eigenvalue weighted by Gasteiger charge is -2.14. The number of nitrogens with zero attached hydrogens (tertiary/aromatic N) is 1. The zero-order valence-corrected chi connectivity index (χ0v) is 18.8. The molecule has 0 fully saturated rings. The molecule has 0 aliphatic carbocycles. The fourth-order valence-electron chi connectivity index (χ4n) is 3.86. The van der Waals surface area contributed by atoms with Crippen molar-refractivity contribution in [1.29, 1.82) is 0 Å². The Bertz CT molecular complexity index is 1360. The van der Waals surface area contributed by atoms with Crippen LogP contribution in [0, 0.1) is 6.92 Å². The zero-order chi connectivity index (χ0) is 24.6. The summed E-state index contributed by atoms with van der Waals surface area (Å²) in [4.78, 5) is 11.2. The number of aromatic nitrogens is 1. The molecular formula is C25H19ClF3NO4. The van der Waals surface area contributed by atoms with Crippen LogP contribution in [0.3, 0.4) is 0 Å². The first kappa shape index (κ1) is 23.5. The van der Waals surface area contributed by atoms with Gasteiger partial charge in [-0.1, -0.05) is 29.8 Å². The predicted octanol–water partition coefficient (Wildman–Crippen LogP) is 7.01. The molecule has 4 aromatic rings. The lowest BCUT2D eigenvalue weighted by Crippen LogP contribution is -2.22. The van der Waals surface area contributed by atoms with Gasteiger partial charge in [0, 0.05) is 39.5 Å². The smallest absolute Gasteiger partial charge is 0.479 e. The molecule has 0 saturated heterocycles. The summed E-state index contributed by atoms with van der Waals surface area (Å²) in [5, 5.41) is 10.4. The maximum atomic E-state index is 12.9. The minimum atomic E-state index is -4.83. The number of aliphatic carboxylic acids is 1. The van der Waals surface area contributed by atoms with Crippen LogP contribution in [0.1, 0.15) is 12.6 Å². The number of hydrogen-bond acceptors (Lipinski definition) is 3. The highest BCUT2D eigenvalue weighted by atomic mass is 35.5. The van der Waals surface area contributed by atoms with E-state index in [2.05, 4.69) is 4.74 Å². The molecule has 0 amide bonds. The zero-order valence-electron chi connectivity index (χ0n) is 18.1. The largest absolute Gasteiger partial charge is 0.573 e. The van der Waals surface area contributed by atoms with Gasteiger partial charge in [-0.05, 0) is 55.8 Å². The standard InChI is InChI=1S/C25H19ClF3NO4/c1-14-23(16-6-8-17(26)9-7-16)21-11-10-20(34-25(27,28)29)13-22(21)30(14)18-4-3-5-19(12-18)33-15(2)24(31)32/h3-13,15H,1-2H3,(H,31,32)/t15-/m0/s1. The molecule has 0 bridgehead atoms. The summed E-state index contributed by atoms with van der Waals surface area (Å²) in [6.45, 7) is 3.26. The lowest BCUT2D eigenvalue weighted by atomic mass is 10.0. The van der Waals surface area contributed by atoms with E-state index in [0.29, 0.717) is 27.4 Å². The fraction of sp³-hybridized carbons (Fsp3) is 0.160. The first-order valence-corrected chi connectivity index (χ1v) is 10.6. The molecule has 1 atom stereocenters. The molecule has 3 aromatic carbocycles. The van der Waals surface area contributed by atoms with Gasteiger partial charge in [0.1, 0.15) is 11.5 Å². The number of rotatable bonds is 6. The topological polar surface area (TPSA) is 60.7 Å². The number of benzene rings is 3. The molecule has 176 valence electrons. The average Bonchev–Trinajstić information content (AvgIpc) is 3.04. The second kappa shape index (κ2) is 8.95. The van der Waals surface area contributed by atoms with Gasteiger partial charge in [-0.3, -0.25) is 0 Å². The second-order valence-electron chi connectivity index (χ2n) is 7.63. The van der Waals surface area contributed by atoms with Crippen molar-refractivity contribution in [2.45, 2.75) is 26.3 Å². The van der Waals surface area contributed by atoms with Gasteiger partial charge in [-0.25, -0.2) is 4.79 Å². The molecule has 0 aliphatic rings. The highest BCUT2D eigenvalue weighted by molar-refractivity contribution is 6.30. The molecule has 9 heteroatoms. The highest BCUT2D eigenvalue weighted by Gasteiger charge is 2.31. The van der Waals surface area contributed by atoms with E-state index in [-0.39, 0.29) is 5.75 Å². The Morgan fingerprint density at radius 3 is 2.38 bits per heavy atom. The van der Waals surface area contributed by atoms with Crippen LogP contribution in [0.25, 0.3) is 27.7 Å². The number of fused-ring (bicyclic) bond motifs is 1. The Morgan fingerprint density at radius 2 is 1.74 bits per heavy atom. The Balaban J connectivity index is 1.93. The monoisotopic (exact) mass is 489 g/mol. The first-order valence-electron chi connectivity index (χ1n) is 10.2. The van der Waals surface area contributed by atoms with E-state index in [1.807, 2.05) is 19.1 Å². The molecular weight excluding hydrogens is 471 g/mol. The van der Waals surface area contributed by atoms with Crippen molar-refractivity contribution in [3.05, 3.63) is 77.4 Å². The Morgan fingerprint density at radius 1 is 1.03 bits per heavy atom. The van der Waals surface area contributed by atoms with Gasteiger partial charge >= 0.3 is 12.3 Å². The van der Waals surface area contributed by atoms with Crippen molar-refractivity contribution in [2.75, 3.05) is 0 Å². The molecule has 1 heterocycles. The van der Waals surface area contributed by atoms with Crippen molar-refractivity contribution in [3.63, 3.8) is 0 Å². The Kier molecular flexibility index (Phi) is 6.18. The molecule has 1 N–H and O–H groups in total. The van der Waals surface area contributed by atoms with Crippen LogP contribution in [0.15, 0.2) is 66.7 Å². The highest BCUT2D eigenvalue weighted by Crippen LogP contribution is 2.39. The first-order chi connectivity index (χ1) is 16.0. The van der Waals surface area contributed by atoms with Gasteiger partial charge in [-0.15, -0.1) is 13.2 Å². The summed E-state index contributed by atoms with van der Waals surface area (Å²) in [5.74, 6) is -1.16. The van der Waals surface area contributed by atoms with E-state index < -0.39 is 18.4 Å². The number of ether oxygens (including phenoxy) is 2. The van der Waals surface area contributed by atoms with Crippen LogP contribution in [0.2, 0.25) is 5.02 Å².